The van der Waals surface area contributed by atoms with E-state index in [1.807, 2.05) is 11.7 Å². The van der Waals surface area contributed by atoms with E-state index in [9.17, 15) is 0 Å². The van der Waals surface area contributed by atoms with Crippen LogP contribution in [-0.4, -0.2) is 55.0 Å². The molecule has 1 heterocycles. The van der Waals surface area contributed by atoms with E-state index in [1.54, 1.807) is 0 Å². The van der Waals surface area contributed by atoms with E-state index in [4.69, 9.17) is 0 Å². The molecule has 21 heavy (non-hydrogen) atoms. The summed E-state index contributed by atoms with van der Waals surface area (Å²) in [5.74, 6) is 1.20. The molecular weight excluding hydrogens is 262 g/mol. The smallest absolute Gasteiger partial charge is 0.130 e. The summed E-state index contributed by atoms with van der Waals surface area (Å²) in [7, 11) is 10.6. The Bertz CT molecular complexity index is 469. The van der Waals surface area contributed by atoms with Gasteiger partial charge in [0.25, 0.3) is 0 Å². The normalized spacial score (nSPS) is 17.7. The average molecular weight is 293 g/mol. The minimum atomic E-state index is 0.342. The molecule has 1 N–H and O–H groups in total. The van der Waals surface area contributed by atoms with Crippen LogP contribution >= 0.6 is 0 Å². The molecule has 1 saturated carbocycles. The van der Waals surface area contributed by atoms with Gasteiger partial charge in [0.1, 0.15) is 5.82 Å². The molecule has 0 amide bonds. The third kappa shape index (κ3) is 3.24. The maximum absolute atomic E-state index is 4.56. The predicted molar refractivity (Wildman–Crippen MR) is 88.9 cm³/mol. The highest BCUT2D eigenvalue weighted by Crippen LogP contribution is 2.33. The second-order valence-corrected chi connectivity index (χ2v) is 6.84. The maximum atomic E-state index is 4.56. The van der Waals surface area contributed by atoms with Crippen molar-refractivity contribution in [1.82, 2.24) is 20.0 Å². The standard InChI is InChI=1S/C16H31N5/c1-13-14(15(19(2)3)21(6)18-13)11-17-12-16(20(4)5)9-7-8-10-16/h17H,7-12H2,1-6H3. The molecule has 1 aromatic rings. The van der Waals surface area contributed by atoms with Crippen LogP contribution in [0.5, 0.6) is 0 Å². The van der Waals surface area contributed by atoms with Crippen molar-refractivity contribution >= 4 is 5.82 Å². The summed E-state index contributed by atoms with van der Waals surface area (Å²) in [5, 5.41) is 8.25. The molecule has 5 nitrogen and oxygen atoms in total. The molecule has 0 unspecified atom stereocenters. The molecule has 0 aromatic carbocycles. The Hall–Kier alpha value is -1.07. The van der Waals surface area contributed by atoms with Gasteiger partial charge in [-0.25, -0.2) is 0 Å². The largest absolute Gasteiger partial charge is 0.363 e. The zero-order valence-electron chi connectivity index (χ0n) is 14.5. The Morgan fingerprint density at radius 1 is 1.19 bits per heavy atom. The van der Waals surface area contributed by atoms with Gasteiger partial charge in [-0.05, 0) is 33.9 Å². The Balaban J connectivity index is 2.04. The van der Waals surface area contributed by atoms with Crippen LogP contribution in [0.25, 0.3) is 0 Å². The lowest BCUT2D eigenvalue weighted by Crippen LogP contribution is -2.49. The molecule has 0 saturated heterocycles. The number of aryl methyl sites for hydroxylation is 2. The molecule has 0 radical (unpaired) electrons. The van der Waals surface area contributed by atoms with E-state index >= 15 is 0 Å². The number of anilines is 1. The van der Waals surface area contributed by atoms with Gasteiger partial charge in [0, 0.05) is 45.3 Å². The Kier molecular flexibility index (Phi) is 4.94. The summed E-state index contributed by atoms with van der Waals surface area (Å²) in [6, 6.07) is 0. The predicted octanol–water partition coefficient (Wildman–Crippen LogP) is 1.76. The van der Waals surface area contributed by atoms with E-state index in [2.05, 4.69) is 55.3 Å². The molecule has 1 aliphatic carbocycles. The SMILES string of the molecule is Cc1nn(C)c(N(C)C)c1CNCC1(N(C)C)CCCC1. The molecule has 0 spiro atoms. The van der Waals surface area contributed by atoms with Crippen LogP contribution in [0.4, 0.5) is 5.82 Å². The monoisotopic (exact) mass is 293 g/mol. The van der Waals surface area contributed by atoms with Crippen LogP contribution in [-0.2, 0) is 13.6 Å². The van der Waals surface area contributed by atoms with Crippen LogP contribution in [0.3, 0.4) is 0 Å². The van der Waals surface area contributed by atoms with Gasteiger partial charge >= 0.3 is 0 Å². The lowest BCUT2D eigenvalue weighted by Gasteiger charge is -2.36. The van der Waals surface area contributed by atoms with Gasteiger partial charge in [-0.15, -0.1) is 0 Å². The minimum Gasteiger partial charge on any atom is -0.363 e. The van der Waals surface area contributed by atoms with Crippen molar-refractivity contribution in [2.45, 2.75) is 44.7 Å². The first-order valence-electron chi connectivity index (χ1n) is 7.95. The van der Waals surface area contributed by atoms with E-state index in [1.165, 1.54) is 37.1 Å². The fourth-order valence-electron chi connectivity index (χ4n) is 3.69. The molecule has 1 aliphatic rings. The van der Waals surface area contributed by atoms with Gasteiger partial charge in [0.15, 0.2) is 0 Å². The first kappa shape index (κ1) is 16.3. The molecule has 1 aromatic heterocycles. The zero-order valence-corrected chi connectivity index (χ0v) is 14.5. The summed E-state index contributed by atoms with van der Waals surface area (Å²) in [6.07, 6.45) is 5.32. The third-order valence-electron chi connectivity index (χ3n) is 4.98. The summed E-state index contributed by atoms with van der Waals surface area (Å²) in [4.78, 5) is 4.56. The number of likely N-dealkylation sites (N-methyl/N-ethyl adjacent to an activating group) is 1. The molecule has 0 atom stereocenters. The van der Waals surface area contributed by atoms with E-state index in [-0.39, 0.29) is 0 Å². The van der Waals surface area contributed by atoms with Crippen molar-refractivity contribution in [1.29, 1.82) is 0 Å². The Labute approximate surface area is 129 Å². The van der Waals surface area contributed by atoms with Gasteiger partial charge < -0.3 is 15.1 Å². The summed E-state index contributed by atoms with van der Waals surface area (Å²) >= 11 is 0. The molecule has 1 fully saturated rings. The van der Waals surface area contributed by atoms with E-state index in [0.717, 1.165) is 18.8 Å². The highest BCUT2D eigenvalue weighted by molar-refractivity contribution is 5.48. The van der Waals surface area contributed by atoms with Crippen molar-refractivity contribution in [2.75, 3.05) is 39.6 Å². The average Bonchev–Trinajstić information content (AvgIpc) is 2.96. The summed E-state index contributed by atoms with van der Waals surface area (Å²) in [5.41, 5.74) is 2.78. The Morgan fingerprint density at radius 3 is 2.33 bits per heavy atom. The van der Waals surface area contributed by atoms with Gasteiger partial charge in [0.05, 0.1) is 5.69 Å². The van der Waals surface area contributed by atoms with Crippen LogP contribution in [0.2, 0.25) is 0 Å². The quantitative estimate of drug-likeness (QED) is 0.867. The molecule has 0 bridgehead atoms. The van der Waals surface area contributed by atoms with E-state index in [0.29, 0.717) is 5.54 Å². The van der Waals surface area contributed by atoms with Crippen molar-refractivity contribution < 1.29 is 0 Å². The maximum Gasteiger partial charge on any atom is 0.130 e. The van der Waals surface area contributed by atoms with Crippen LogP contribution in [0.15, 0.2) is 0 Å². The highest BCUT2D eigenvalue weighted by atomic mass is 15.4. The fraction of sp³-hybridized carbons (Fsp3) is 0.812. The lowest BCUT2D eigenvalue weighted by atomic mass is 9.96. The van der Waals surface area contributed by atoms with Crippen molar-refractivity contribution in [2.24, 2.45) is 7.05 Å². The van der Waals surface area contributed by atoms with Crippen molar-refractivity contribution in [3.05, 3.63) is 11.3 Å². The number of hydrogen-bond acceptors (Lipinski definition) is 4. The minimum absolute atomic E-state index is 0.342. The third-order valence-corrected chi connectivity index (χ3v) is 4.98. The Morgan fingerprint density at radius 2 is 1.81 bits per heavy atom. The van der Waals surface area contributed by atoms with Gasteiger partial charge in [-0.3, -0.25) is 4.68 Å². The molecular formula is C16H31N5. The van der Waals surface area contributed by atoms with Crippen LogP contribution in [0, 0.1) is 6.92 Å². The number of aromatic nitrogens is 2. The topological polar surface area (TPSA) is 36.3 Å². The van der Waals surface area contributed by atoms with Crippen molar-refractivity contribution in [3.8, 4) is 0 Å². The van der Waals surface area contributed by atoms with Crippen LogP contribution < -0.4 is 10.2 Å². The number of nitrogens with one attached hydrogen (secondary N) is 1. The molecule has 2 rings (SSSR count). The molecule has 0 aliphatic heterocycles. The first-order chi connectivity index (χ1) is 9.87. The number of nitrogens with zero attached hydrogens (tertiary/aromatic N) is 4. The van der Waals surface area contributed by atoms with Gasteiger partial charge in [0.2, 0.25) is 0 Å². The van der Waals surface area contributed by atoms with Gasteiger partial charge in [-0.1, -0.05) is 12.8 Å². The lowest BCUT2D eigenvalue weighted by molar-refractivity contribution is 0.153. The fourth-order valence-corrected chi connectivity index (χ4v) is 3.69. The molecule has 5 heteroatoms. The van der Waals surface area contributed by atoms with Crippen molar-refractivity contribution in [3.63, 3.8) is 0 Å². The van der Waals surface area contributed by atoms with Crippen LogP contribution in [0.1, 0.15) is 36.9 Å². The summed E-state index contributed by atoms with van der Waals surface area (Å²) < 4.78 is 1.98. The molecule has 120 valence electrons. The zero-order chi connectivity index (χ0) is 15.6. The van der Waals surface area contributed by atoms with Gasteiger partial charge in [-0.2, -0.15) is 5.10 Å². The second-order valence-electron chi connectivity index (χ2n) is 6.84. The highest BCUT2D eigenvalue weighted by Gasteiger charge is 2.35. The first-order valence-corrected chi connectivity index (χ1v) is 7.95. The number of rotatable bonds is 6. The second kappa shape index (κ2) is 6.36. The summed E-state index contributed by atoms with van der Waals surface area (Å²) in [6.45, 7) is 4.05. The number of hydrogen-bond donors (Lipinski definition) is 1. The van der Waals surface area contributed by atoms with E-state index < -0.39 is 0 Å².